The number of anilines is 1. The van der Waals surface area contributed by atoms with E-state index in [-0.39, 0.29) is 42.5 Å². The van der Waals surface area contributed by atoms with Gasteiger partial charge in [-0.05, 0) is 25.1 Å². The van der Waals surface area contributed by atoms with E-state index in [1.54, 1.807) is 28.7 Å². The molecule has 0 bridgehead atoms. The second-order valence-corrected chi connectivity index (χ2v) is 11.3. The number of hydrogen-bond acceptors (Lipinski definition) is 6. The molecule has 1 fully saturated rings. The maximum Gasteiger partial charge on any atom is 0.289 e. The van der Waals surface area contributed by atoms with Crippen LogP contribution >= 0.6 is 0 Å². The Morgan fingerprint density at radius 2 is 2.11 bits per heavy atom. The van der Waals surface area contributed by atoms with Gasteiger partial charge in [-0.2, -0.15) is 8.78 Å². The smallest absolute Gasteiger partial charge is 0.289 e. The lowest BCUT2D eigenvalue weighted by Gasteiger charge is -2.39. The summed E-state index contributed by atoms with van der Waals surface area (Å²) in [5.74, 6) is -3.02. The number of nitrogens with one attached hydrogen (secondary N) is 1. The van der Waals surface area contributed by atoms with Gasteiger partial charge in [0.15, 0.2) is 0 Å². The molecule has 38 heavy (non-hydrogen) atoms. The van der Waals surface area contributed by atoms with Crippen molar-refractivity contribution in [3.63, 3.8) is 0 Å². The van der Waals surface area contributed by atoms with Crippen molar-refractivity contribution in [2.24, 2.45) is 0 Å². The van der Waals surface area contributed by atoms with Gasteiger partial charge < -0.3 is 19.9 Å². The van der Waals surface area contributed by atoms with Gasteiger partial charge in [0.2, 0.25) is 11.8 Å². The van der Waals surface area contributed by atoms with Crippen LogP contribution in [0.5, 0.6) is 5.88 Å². The SMILES string of the molecule is CCCC(F)(F)c1cc2c(cn1)C(C)(C)CN2C(=O)CN1C[C@@H](C)NC[C@@H]1Cn1cc2ncccc2c1O. The summed E-state index contributed by atoms with van der Waals surface area (Å²) in [6.07, 6.45) is 5.09. The number of fused-ring (bicyclic) bond motifs is 2. The van der Waals surface area contributed by atoms with Crippen LogP contribution in [-0.4, -0.2) is 68.7 Å². The minimum atomic E-state index is -3.04. The van der Waals surface area contributed by atoms with Crippen molar-refractivity contribution in [1.82, 2.24) is 24.8 Å². The monoisotopic (exact) mass is 526 g/mol. The lowest BCUT2D eigenvalue weighted by Crippen LogP contribution is -2.59. The maximum absolute atomic E-state index is 14.7. The van der Waals surface area contributed by atoms with Crippen molar-refractivity contribution in [2.75, 3.05) is 31.1 Å². The van der Waals surface area contributed by atoms with E-state index >= 15 is 0 Å². The van der Waals surface area contributed by atoms with E-state index in [1.807, 2.05) is 26.1 Å². The summed E-state index contributed by atoms with van der Waals surface area (Å²) < 4.78 is 31.2. The van der Waals surface area contributed by atoms with Crippen LogP contribution in [0.3, 0.4) is 0 Å². The number of carbonyl (C=O) groups is 1. The zero-order chi connectivity index (χ0) is 27.2. The van der Waals surface area contributed by atoms with Gasteiger partial charge >= 0.3 is 0 Å². The van der Waals surface area contributed by atoms with E-state index < -0.39 is 11.3 Å². The van der Waals surface area contributed by atoms with Gasteiger partial charge in [-0.15, -0.1) is 0 Å². The third kappa shape index (κ3) is 4.87. The summed E-state index contributed by atoms with van der Waals surface area (Å²) >= 11 is 0. The number of amides is 1. The molecule has 2 aliphatic rings. The minimum absolute atomic E-state index is 0.0557. The number of piperazine rings is 1. The molecule has 3 aromatic rings. The molecule has 3 aromatic heterocycles. The van der Waals surface area contributed by atoms with E-state index in [2.05, 4.69) is 27.1 Å². The van der Waals surface area contributed by atoms with Crippen molar-refractivity contribution >= 4 is 22.5 Å². The average molecular weight is 527 g/mol. The Morgan fingerprint density at radius 1 is 1.32 bits per heavy atom. The molecule has 0 radical (unpaired) electrons. The third-order valence-corrected chi connectivity index (χ3v) is 7.80. The highest BCUT2D eigenvalue weighted by atomic mass is 19.3. The van der Waals surface area contributed by atoms with Crippen LogP contribution in [0.15, 0.2) is 36.8 Å². The van der Waals surface area contributed by atoms with E-state index in [9.17, 15) is 18.7 Å². The first kappa shape index (κ1) is 26.5. The summed E-state index contributed by atoms with van der Waals surface area (Å²) in [5, 5.41) is 14.9. The molecule has 0 saturated carbocycles. The van der Waals surface area contributed by atoms with Gasteiger partial charge in [-0.1, -0.05) is 27.2 Å². The number of carbonyl (C=O) groups excluding carboxylic acids is 1. The van der Waals surface area contributed by atoms with Crippen molar-refractivity contribution in [1.29, 1.82) is 0 Å². The van der Waals surface area contributed by atoms with E-state index in [1.165, 1.54) is 12.3 Å². The minimum Gasteiger partial charge on any atom is -0.494 e. The lowest BCUT2D eigenvalue weighted by atomic mass is 9.88. The van der Waals surface area contributed by atoms with Crippen LogP contribution in [0.25, 0.3) is 10.9 Å². The molecule has 8 nitrogen and oxygen atoms in total. The third-order valence-electron chi connectivity index (χ3n) is 7.80. The van der Waals surface area contributed by atoms with Gasteiger partial charge in [0.25, 0.3) is 5.92 Å². The Balaban J connectivity index is 1.39. The molecule has 0 spiro atoms. The molecule has 204 valence electrons. The van der Waals surface area contributed by atoms with E-state index in [0.717, 1.165) is 5.56 Å². The quantitative estimate of drug-likeness (QED) is 0.484. The molecular formula is C28H36F2N6O2. The number of aromatic nitrogens is 3. The fourth-order valence-corrected chi connectivity index (χ4v) is 5.72. The standard InChI is InChI=1S/C28H36F2N6O2/c1-5-8-28(29,30)24-10-23-21(12-33-24)27(3,4)17-36(23)25(37)16-34-13-18(2)32-11-19(34)14-35-15-22-20(26(35)38)7-6-9-31-22/h6-7,9-10,12,15,18-19,32,38H,5,8,11,13-14,16-17H2,1-4H3/t18-,19-/m1/s1. The van der Waals surface area contributed by atoms with Gasteiger partial charge in [0.05, 0.1) is 23.1 Å². The van der Waals surface area contributed by atoms with Crippen molar-refractivity contribution in [2.45, 2.75) is 70.5 Å². The largest absolute Gasteiger partial charge is 0.494 e. The molecule has 1 saturated heterocycles. The molecule has 5 rings (SSSR count). The normalized spacial score (nSPS) is 21.7. The van der Waals surface area contributed by atoms with Crippen LogP contribution in [0.2, 0.25) is 0 Å². The Bertz CT molecular complexity index is 1340. The van der Waals surface area contributed by atoms with Crippen LogP contribution in [0.4, 0.5) is 14.5 Å². The predicted octanol–water partition coefficient (Wildman–Crippen LogP) is 4.02. The highest BCUT2D eigenvalue weighted by Gasteiger charge is 2.42. The summed E-state index contributed by atoms with van der Waals surface area (Å²) in [6.45, 7) is 10.1. The summed E-state index contributed by atoms with van der Waals surface area (Å²) in [6, 6.07) is 5.15. The number of pyridine rings is 2. The summed E-state index contributed by atoms with van der Waals surface area (Å²) in [5.41, 5.74) is 1.37. The Kier molecular flexibility index (Phi) is 6.89. The molecule has 2 atom stereocenters. The molecule has 5 heterocycles. The predicted molar refractivity (Wildman–Crippen MR) is 143 cm³/mol. The number of hydrogen-bond donors (Lipinski definition) is 2. The van der Waals surface area contributed by atoms with E-state index in [0.29, 0.717) is 49.2 Å². The second kappa shape index (κ2) is 9.89. The van der Waals surface area contributed by atoms with Crippen LogP contribution in [0, 0.1) is 0 Å². The molecular weight excluding hydrogens is 490 g/mol. The van der Waals surface area contributed by atoms with Crippen molar-refractivity contribution < 1.29 is 18.7 Å². The Hall–Kier alpha value is -3.11. The molecule has 0 aromatic carbocycles. The molecule has 0 aliphatic carbocycles. The second-order valence-electron chi connectivity index (χ2n) is 11.3. The van der Waals surface area contributed by atoms with Crippen LogP contribution < -0.4 is 10.2 Å². The zero-order valence-corrected chi connectivity index (χ0v) is 22.4. The molecule has 2 N–H and O–H groups in total. The molecule has 0 unspecified atom stereocenters. The highest BCUT2D eigenvalue weighted by Crippen LogP contribution is 2.43. The fraction of sp³-hybridized carbons (Fsp3) is 0.536. The molecule has 2 aliphatic heterocycles. The first-order valence-corrected chi connectivity index (χ1v) is 13.3. The first-order chi connectivity index (χ1) is 18.0. The van der Waals surface area contributed by atoms with Gasteiger partial charge in [-0.3, -0.25) is 19.7 Å². The first-order valence-electron chi connectivity index (χ1n) is 13.3. The topological polar surface area (TPSA) is 86.5 Å². The Morgan fingerprint density at radius 3 is 2.84 bits per heavy atom. The van der Waals surface area contributed by atoms with Gasteiger partial charge in [-0.25, -0.2) is 0 Å². The van der Waals surface area contributed by atoms with Gasteiger partial charge in [0.1, 0.15) is 5.69 Å². The summed E-state index contributed by atoms with van der Waals surface area (Å²) in [7, 11) is 0. The van der Waals surface area contributed by atoms with Gasteiger partial charge in [0, 0.05) is 74.3 Å². The fourth-order valence-electron chi connectivity index (χ4n) is 5.72. The zero-order valence-electron chi connectivity index (χ0n) is 22.4. The van der Waals surface area contributed by atoms with Crippen LogP contribution in [-0.2, 0) is 22.7 Å². The number of aromatic hydroxyl groups is 1. The van der Waals surface area contributed by atoms with Crippen LogP contribution in [0.1, 0.15) is 51.8 Å². The number of halogens is 2. The molecule has 1 amide bonds. The Labute approximate surface area is 221 Å². The van der Waals surface area contributed by atoms with Crippen molar-refractivity contribution in [3.8, 4) is 5.88 Å². The number of alkyl halides is 2. The van der Waals surface area contributed by atoms with Crippen molar-refractivity contribution in [3.05, 3.63) is 48.0 Å². The molecule has 10 heteroatoms. The average Bonchev–Trinajstić information content (AvgIpc) is 3.33. The lowest BCUT2D eigenvalue weighted by molar-refractivity contribution is -0.120. The number of nitrogens with zero attached hydrogens (tertiary/aromatic N) is 5. The maximum atomic E-state index is 14.7. The summed E-state index contributed by atoms with van der Waals surface area (Å²) in [4.78, 5) is 26.0. The van der Waals surface area contributed by atoms with E-state index in [4.69, 9.17) is 0 Å². The highest BCUT2D eigenvalue weighted by molar-refractivity contribution is 5.97. The number of rotatable bonds is 7.